The third kappa shape index (κ3) is 2.61. The van der Waals surface area contributed by atoms with Gasteiger partial charge in [-0.1, -0.05) is 43.3 Å². The summed E-state index contributed by atoms with van der Waals surface area (Å²) >= 11 is 0. The zero-order valence-corrected chi connectivity index (χ0v) is 15.2. The fourth-order valence-electron chi connectivity index (χ4n) is 3.43. The maximum atomic E-state index is 6.25. The van der Waals surface area contributed by atoms with Gasteiger partial charge in [0.05, 0.1) is 0 Å². The van der Waals surface area contributed by atoms with E-state index in [1.165, 1.54) is 5.56 Å². The van der Waals surface area contributed by atoms with Gasteiger partial charge in [-0.05, 0) is 31.9 Å². The van der Waals surface area contributed by atoms with Crippen molar-refractivity contribution in [2.75, 3.05) is 0 Å². The summed E-state index contributed by atoms with van der Waals surface area (Å²) in [6.45, 7) is 6.20. The van der Waals surface area contributed by atoms with Crippen LogP contribution in [-0.2, 0) is 15.9 Å². The van der Waals surface area contributed by atoms with Crippen LogP contribution in [0.2, 0.25) is 0 Å². The molecule has 2 heterocycles. The van der Waals surface area contributed by atoms with Gasteiger partial charge in [-0.2, -0.15) is 0 Å². The molecular weight excluding hydrogens is 328 g/mol. The summed E-state index contributed by atoms with van der Waals surface area (Å²) in [4.78, 5) is 0. The molecule has 4 heteroatoms. The lowest BCUT2D eigenvalue weighted by Crippen LogP contribution is -2.06. The minimum absolute atomic E-state index is 0.134. The van der Waals surface area contributed by atoms with Crippen LogP contribution in [0.1, 0.15) is 26.3 Å². The highest BCUT2D eigenvalue weighted by Crippen LogP contribution is 2.46. The fraction of sp³-hybridized carbons (Fsp3) is 0.364. The molecule has 0 radical (unpaired) electrons. The molecule has 5 rings (SSSR count). The number of hydrogen-bond acceptors (Lipinski definition) is 4. The van der Waals surface area contributed by atoms with Gasteiger partial charge in [0.1, 0.15) is 23.7 Å². The van der Waals surface area contributed by atoms with Crippen molar-refractivity contribution in [1.82, 2.24) is 0 Å². The molecule has 0 aromatic heterocycles. The maximum absolute atomic E-state index is 6.25. The van der Waals surface area contributed by atoms with Gasteiger partial charge in [-0.3, -0.25) is 0 Å². The molecule has 4 nitrogen and oxygen atoms in total. The zero-order valence-electron chi connectivity index (χ0n) is 15.2. The minimum Gasteiger partial charge on any atom is -0.461 e. The second kappa shape index (κ2) is 5.86. The molecule has 2 fully saturated rings. The standard InChI is InChI=1S/C22H22O4/c1-4-14-9-10-17-18(11-14)20(26-22-13(3)24-22)16-8-6-5-7-15(16)19(17)25-21-12(2)23-21/h5-13,21-22H,4H2,1-3H3. The smallest absolute Gasteiger partial charge is 0.226 e. The van der Waals surface area contributed by atoms with Crippen molar-refractivity contribution in [1.29, 1.82) is 0 Å². The molecule has 0 spiro atoms. The van der Waals surface area contributed by atoms with E-state index in [2.05, 4.69) is 37.3 Å². The van der Waals surface area contributed by atoms with E-state index in [1.807, 2.05) is 26.0 Å². The van der Waals surface area contributed by atoms with Crippen LogP contribution in [0.3, 0.4) is 0 Å². The summed E-state index contributed by atoms with van der Waals surface area (Å²) < 4.78 is 23.5. The molecule has 3 aromatic carbocycles. The van der Waals surface area contributed by atoms with E-state index in [-0.39, 0.29) is 24.8 Å². The monoisotopic (exact) mass is 350 g/mol. The van der Waals surface area contributed by atoms with Gasteiger partial charge in [-0.25, -0.2) is 0 Å². The Morgan fingerprint density at radius 1 is 0.769 bits per heavy atom. The normalized spacial score (nSPS) is 26.9. The van der Waals surface area contributed by atoms with Crippen molar-refractivity contribution >= 4 is 21.5 Å². The molecule has 0 amide bonds. The Labute approximate surface area is 152 Å². The van der Waals surface area contributed by atoms with Crippen molar-refractivity contribution in [2.45, 2.75) is 52.0 Å². The third-order valence-electron chi connectivity index (χ3n) is 5.18. The van der Waals surface area contributed by atoms with Gasteiger partial charge in [0.25, 0.3) is 0 Å². The number of rotatable bonds is 5. The Hall–Kier alpha value is -2.30. The average Bonchev–Trinajstić information content (AvgIpc) is 3.56. The SMILES string of the molecule is CCc1ccc2c(OC3OC3C)c3ccccc3c(OC3OC3C)c2c1. The summed E-state index contributed by atoms with van der Waals surface area (Å²) in [5, 5.41) is 4.19. The van der Waals surface area contributed by atoms with Gasteiger partial charge in [0.15, 0.2) is 0 Å². The molecule has 4 unspecified atom stereocenters. The van der Waals surface area contributed by atoms with Crippen LogP contribution in [0.15, 0.2) is 42.5 Å². The lowest BCUT2D eigenvalue weighted by atomic mass is 9.98. The van der Waals surface area contributed by atoms with Gasteiger partial charge >= 0.3 is 0 Å². The Kier molecular flexibility index (Phi) is 3.59. The molecule has 2 aliphatic rings. The van der Waals surface area contributed by atoms with Crippen LogP contribution in [0.5, 0.6) is 11.5 Å². The van der Waals surface area contributed by atoms with Gasteiger partial charge in [0, 0.05) is 21.5 Å². The average molecular weight is 350 g/mol. The number of epoxide rings is 2. The van der Waals surface area contributed by atoms with Crippen molar-refractivity contribution in [2.24, 2.45) is 0 Å². The number of hydrogen-bond donors (Lipinski definition) is 0. The number of ether oxygens (including phenoxy) is 4. The van der Waals surface area contributed by atoms with Crippen LogP contribution < -0.4 is 9.47 Å². The van der Waals surface area contributed by atoms with E-state index in [0.29, 0.717) is 0 Å². The van der Waals surface area contributed by atoms with Crippen LogP contribution >= 0.6 is 0 Å². The fourth-order valence-corrected chi connectivity index (χ4v) is 3.43. The third-order valence-corrected chi connectivity index (χ3v) is 5.18. The van der Waals surface area contributed by atoms with Crippen molar-refractivity contribution < 1.29 is 18.9 Å². The molecule has 2 saturated heterocycles. The number of benzene rings is 3. The molecular formula is C22H22O4. The second-order valence-electron chi connectivity index (χ2n) is 7.09. The molecule has 0 N–H and O–H groups in total. The lowest BCUT2D eigenvalue weighted by molar-refractivity contribution is 0.179. The highest BCUT2D eigenvalue weighted by Gasteiger charge is 2.39. The Bertz CT molecular complexity index is 996. The summed E-state index contributed by atoms with van der Waals surface area (Å²) in [5.41, 5.74) is 1.27. The minimum atomic E-state index is -0.176. The Morgan fingerprint density at radius 3 is 1.77 bits per heavy atom. The first-order valence-electron chi connectivity index (χ1n) is 9.27. The highest BCUT2D eigenvalue weighted by molar-refractivity contribution is 6.11. The largest absolute Gasteiger partial charge is 0.461 e. The van der Waals surface area contributed by atoms with E-state index >= 15 is 0 Å². The molecule has 0 saturated carbocycles. The maximum Gasteiger partial charge on any atom is 0.226 e. The highest BCUT2D eigenvalue weighted by atomic mass is 16.8. The van der Waals surface area contributed by atoms with Crippen LogP contribution in [-0.4, -0.2) is 24.8 Å². The first-order chi connectivity index (χ1) is 12.7. The molecule has 26 heavy (non-hydrogen) atoms. The van der Waals surface area contributed by atoms with Crippen LogP contribution in [0.25, 0.3) is 21.5 Å². The van der Waals surface area contributed by atoms with Crippen molar-refractivity contribution in [3.05, 3.63) is 48.0 Å². The summed E-state index contributed by atoms with van der Waals surface area (Å²) in [6.07, 6.45) is 0.888. The number of aryl methyl sites for hydroxylation is 1. The molecule has 3 aromatic rings. The second-order valence-corrected chi connectivity index (χ2v) is 7.09. The van der Waals surface area contributed by atoms with E-state index in [9.17, 15) is 0 Å². The molecule has 0 aliphatic carbocycles. The molecule has 0 bridgehead atoms. The first-order valence-corrected chi connectivity index (χ1v) is 9.27. The summed E-state index contributed by atoms with van der Waals surface area (Å²) in [7, 11) is 0. The van der Waals surface area contributed by atoms with E-state index in [4.69, 9.17) is 18.9 Å². The molecule has 4 atom stereocenters. The van der Waals surface area contributed by atoms with E-state index in [1.54, 1.807) is 0 Å². The quantitative estimate of drug-likeness (QED) is 0.490. The number of fused-ring (bicyclic) bond motifs is 2. The first kappa shape index (κ1) is 15.9. The molecule has 2 aliphatic heterocycles. The van der Waals surface area contributed by atoms with Gasteiger partial charge in [0.2, 0.25) is 12.6 Å². The van der Waals surface area contributed by atoms with E-state index in [0.717, 1.165) is 39.5 Å². The lowest BCUT2D eigenvalue weighted by Gasteiger charge is -2.17. The van der Waals surface area contributed by atoms with Gasteiger partial charge < -0.3 is 18.9 Å². The van der Waals surface area contributed by atoms with Gasteiger partial charge in [-0.15, -0.1) is 0 Å². The van der Waals surface area contributed by atoms with Crippen LogP contribution in [0.4, 0.5) is 0 Å². The van der Waals surface area contributed by atoms with E-state index < -0.39 is 0 Å². The van der Waals surface area contributed by atoms with Crippen molar-refractivity contribution in [3.63, 3.8) is 0 Å². The Balaban J connectivity index is 1.77. The van der Waals surface area contributed by atoms with Crippen LogP contribution in [0, 0.1) is 0 Å². The predicted octanol–water partition coefficient (Wildman–Crippen LogP) is 4.80. The Morgan fingerprint density at radius 2 is 1.27 bits per heavy atom. The predicted molar refractivity (Wildman–Crippen MR) is 101 cm³/mol. The zero-order chi connectivity index (χ0) is 17.8. The summed E-state index contributed by atoms with van der Waals surface area (Å²) in [6, 6.07) is 14.7. The van der Waals surface area contributed by atoms with Crippen molar-refractivity contribution in [3.8, 4) is 11.5 Å². The molecule has 134 valence electrons. The topological polar surface area (TPSA) is 43.5 Å². The summed E-state index contributed by atoms with van der Waals surface area (Å²) in [5.74, 6) is 1.74.